The minimum Gasteiger partial charge on any atom is -0.379 e. The minimum absolute atomic E-state index is 0.0270. The second-order valence-corrected chi connectivity index (χ2v) is 9.82. The summed E-state index contributed by atoms with van der Waals surface area (Å²) in [5.74, 6) is -0.311. The molecule has 33 heavy (non-hydrogen) atoms. The molecule has 2 amide bonds. The summed E-state index contributed by atoms with van der Waals surface area (Å²) in [7, 11) is 0. The average Bonchev–Trinajstić information content (AvgIpc) is 3.09. The fraction of sp³-hybridized carbons (Fsp3) is 0.684. The molecule has 2 aromatic heterocycles. The molecule has 0 aromatic carbocycles. The molecule has 2 saturated heterocycles. The van der Waals surface area contributed by atoms with Gasteiger partial charge in [0.1, 0.15) is 5.41 Å². The summed E-state index contributed by atoms with van der Waals surface area (Å²) in [5, 5.41) is 9.77. The quantitative estimate of drug-likeness (QED) is 0.678. The lowest BCUT2D eigenvalue weighted by Crippen LogP contribution is -2.52. The van der Waals surface area contributed by atoms with Crippen LogP contribution in [-0.4, -0.2) is 65.8 Å². The van der Waals surface area contributed by atoms with E-state index in [1.165, 1.54) is 11.3 Å². The van der Waals surface area contributed by atoms with Crippen LogP contribution in [0.2, 0.25) is 0 Å². The number of carbonyl (C=O) groups excluding carboxylic acids is 1. The Labute approximate surface area is 189 Å². The van der Waals surface area contributed by atoms with Crippen LogP contribution in [0.25, 0.3) is 0 Å². The number of nitrogens with one attached hydrogen (secondary N) is 2. The van der Waals surface area contributed by atoms with Gasteiger partial charge in [-0.1, -0.05) is 16.5 Å². The van der Waals surface area contributed by atoms with Crippen LogP contribution >= 0.6 is 11.3 Å². The summed E-state index contributed by atoms with van der Waals surface area (Å²) in [4.78, 5) is 23.8. The summed E-state index contributed by atoms with van der Waals surface area (Å²) in [6.07, 6.45) is -3.22. The molecular formula is C19H21F3N6O4S. The van der Waals surface area contributed by atoms with Gasteiger partial charge in [0.25, 0.3) is 0 Å². The molecule has 3 aliphatic heterocycles. The highest BCUT2D eigenvalue weighted by Crippen LogP contribution is 2.58. The van der Waals surface area contributed by atoms with Gasteiger partial charge in [0.2, 0.25) is 0 Å². The first-order valence-corrected chi connectivity index (χ1v) is 11.6. The molecule has 0 radical (unpaired) electrons. The molecule has 4 aliphatic rings. The van der Waals surface area contributed by atoms with Gasteiger partial charge in [0.15, 0.2) is 11.0 Å². The number of alkyl halides is 3. The lowest BCUT2D eigenvalue weighted by Gasteiger charge is -2.43. The number of rotatable bonds is 4. The van der Waals surface area contributed by atoms with Crippen molar-refractivity contribution in [2.45, 2.75) is 55.4 Å². The van der Waals surface area contributed by atoms with Gasteiger partial charge in [0, 0.05) is 13.0 Å². The molecular weight excluding hydrogens is 465 g/mol. The maximum Gasteiger partial charge on any atom is 0.401 e. The van der Waals surface area contributed by atoms with E-state index in [-0.39, 0.29) is 48.8 Å². The van der Waals surface area contributed by atoms with E-state index >= 15 is 0 Å². The molecule has 2 aromatic rings. The van der Waals surface area contributed by atoms with Gasteiger partial charge in [-0.3, -0.25) is 5.32 Å². The number of halogens is 3. The number of thiazole rings is 1. The summed E-state index contributed by atoms with van der Waals surface area (Å²) < 4.78 is 56.8. The summed E-state index contributed by atoms with van der Waals surface area (Å²) >= 11 is 1.31. The SMILES string of the molecule is O=C(Nc1nc2c(s1)[C@@H]1COC[C@H](C2)N1c1nc(C2(C(F)(F)F)CC2)no1)N[C@@H]1CCOC1. The zero-order valence-corrected chi connectivity index (χ0v) is 18.2. The first-order chi connectivity index (χ1) is 15.8. The third-order valence-corrected chi connectivity index (χ3v) is 7.73. The van der Waals surface area contributed by atoms with E-state index in [0.29, 0.717) is 38.0 Å². The van der Waals surface area contributed by atoms with Crippen LogP contribution in [0.1, 0.15) is 41.7 Å². The number of carbonyl (C=O) groups is 1. The highest BCUT2D eigenvalue weighted by molar-refractivity contribution is 7.16. The van der Waals surface area contributed by atoms with E-state index in [1.54, 1.807) is 0 Å². The van der Waals surface area contributed by atoms with Crippen LogP contribution in [0.4, 0.5) is 29.1 Å². The molecule has 178 valence electrons. The van der Waals surface area contributed by atoms with Gasteiger partial charge in [0.05, 0.1) is 48.5 Å². The van der Waals surface area contributed by atoms with E-state index in [4.69, 9.17) is 14.0 Å². The van der Waals surface area contributed by atoms with Gasteiger partial charge in [-0.05, 0) is 19.3 Å². The van der Waals surface area contributed by atoms with Crippen LogP contribution in [0.3, 0.4) is 0 Å². The topological polar surface area (TPSA) is 115 Å². The molecule has 0 unspecified atom stereocenters. The van der Waals surface area contributed by atoms with Gasteiger partial charge >= 0.3 is 18.2 Å². The van der Waals surface area contributed by atoms with Crippen molar-refractivity contribution in [1.29, 1.82) is 0 Å². The predicted molar refractivity (Wildman–Crippen MR) is 108 cm³/mol. The van der Waals surface area contributed by atoms with Crippen molar-refractivity contribution in [2.24, 2.45) is 0 Å². The molecule has 5 heterocycles. The number of ether oxygens (including phenoxy) is 2. The number of fused-ring (bicyclic) bond motifs is 4. The zero-order valence-electron chi connectivity index (χ0n) is 17.4. The smallest absolute Gasteiger partial charge is 0.379 e. The molecule has 3 atom stereocenters. The van der Waals surface area contributed by atoms with E-state index in [1.807, 2.05) is 4.90 Å². The van der Waals surface area contributed by atoms with Crippen LogP contribution in [0.5, 0.6) is 0 Å². The third kappa shape index (κ3) is 3.54. The minimum atomic E-state index is -4.41. The van der Waals surface area contributed by atoms with Crippen molar-refractivity contribution >= 4 is 28.5 Å². The molecule has 14 heteroatoms. The normalized spacial score (nSPS) is 27.8. The number of hydrogen-bond acceptors (Lipinski definition) is 9. The van der Waals surface area contributed by atoms with Crippen LogP contribution < -0.4 is 15.5 Å². The van der Waals surface area contributed by atoms with Crippen LogP contribution in [-0.2, 0) is 21.3 Å². The Bertz CT molecular complexity index is 1060. The number of aromatic nitrogens is 3. The lowest BCUT2D eigenvalue weighted by atomic mass is 9.97. The Kier molecular flexibility index (Phi) is 4.82. The van der Waals surface area contributed by atoms with Crippen molar-refractivity contribution in [1.82, 2.24) is 20.4 Å². The van der Waals surface area contributed by atoms with Crippen molar-refractivity contribution in [3.05, 3.63) is 16.4 Å². The molecule has 2 N–H and O–H groups in total. The van der Waals surface area contributed by atoms with Crippen LogP contribution in [0.15, 0.2) is 4.52 Å². The number of hydrogen-bond donors (Lipinski definition) is 2. The van der Waals surface area contributed by atoms with Crippen LogP contribution in [0, 0.1) is 0 Å². The molecule has 3 fully saturated rings. The first-order valence-electron chi connectivity index (χ1n) is 10.8. The summed E-state index contributed by atoms with van der Waals surface area (Å²) in [5.41, 5.74) is -1.16. The Morgan fingerprint density at radius 3 is 2.76 bits per heavy atom. The fourth-order valence-electron chi connectivity index (χ4n) is 4.67. The first kappa shape index (κ1) is 21.1. The second-order valence-electron chi connectivity index (χ2n) is 8.79. The molecule has 10 nitrogen and oxygen atoms in total. The number of morpholine rings is 1. The highest BCUT2D eigenvalue weighted by atomic mass is 32.1. The van der Waals surface area contributed by atoms with Crippen molar-refractivity contribution < 1.29 is 32.0 Å². The zero-order chi connectivity index (χ0) is 22.8. The number of anilines is 2. The standard InChI is InChI=1S/C19H21F3N6O4S/c20-19(21,22)18(2-3-18)14-25-17(32-27-14)28-10-5-11-13(12(28)8-31-7-10)33-16(24-11)26-15(29)23-9-1-4-30-6-9/h9-10,12H,1-8H2,(H2,23,24,26,29)/t9-,10+,12+/m1/s1. The van der Waals surface area contributed by atoms with Crippen molar-refractivity contribution in [3.63, 3.8) is 0 Å². The maximum atomic E-state index is 13.5. The number of urea groups is 1. The third-order valence-electron chi connectivity index (χ3n) is 6.62. The largest absolute Gasteiger partial charge is 0.401 e. The van der Waals surface area contributed by atoms with Gasteiger partial charge < -0.3 is 24.2 Å². The molecule has 1 aliphatic carbocycles. The predicted octanol–water partition coefficient (Wildman–Crippen LogP) is 2.53. The van der Waals surface area contributed by atoms with Crippen molar-refractivity contribution in [2.75, 3.05) is 36.6 Å². The van der Waals surface area contributed by atoms with E-state index in [2.05, 4.69) is 25.8 Å². The summed E-state index contributed by atoms with van der Waals surface area (Å²) in [6, 6.07) is -0.852. The second kappa shape index (κ2) is 7.53. The van der Waals surface area contributed by atoms with Gasteiger partial charge in [-0.15, -0.1) is 0 Å². The Morgan fingerprint density at radius 1 is 1.18 bits per heavy atom. The number of amides is 2. The Hall–Kier alpha value is -2.45. The fourth-order valence-corrected chi connectivity index (χ4v) is 5.74. The van der Waals surface area contributed by atoms with Gasteiger partial charge in [-0.25, -0.2) is 9.78 Å². The molecule has 1 saturated carbocycles. The van der Waals surface area contributed by atoms with E-state index < -0.39 is 11.6 Å². The molecule has 0 spiro atoms. The molecule has 6 rings (SSSR count). The maximum absolute atomic E-state index is 13.5. The summed E-state index contributed by atoms with van der Waals surface area (Å²) in [6.45, 7) is 1.77. The van der Waals surface area contributed by atoms with Crippen molar-refractivity contribution in [3.8, 4) is 0 Å². The lowest BCUT2D eigenvalue weighted by molar-refractivity contribution is -0.162. The Balaban J connectivity index is 1.23. The molecule has 2 bridgehead atoms. The van der Waals surface area contributed by atoms with Gasteiger partial charge in [-0.2, -0.15) is 18.2 Å². The monoisotopic (exact) mass is 486 g/mol. The Morgan fingerprint density at radius 2 is 2.03 bits per heavy atom. The highest BCUT2D eigenvalue weighted by Gasteiger charge is 2.67. The average molecular weight is 486 g/mol. The number of nitrogens with zero attached hydrogens (tertiary/aromatic N) is 4. The van der Waals surface area contributed by atoms with E-state index in [9.17, 15) is 18.0 Å². The van der Waals surface area contributed by atoms with E-state index in [0.717, 1.165) is 17.0 Å².